The van der Waals surface area contributed by atoms with Gasteiger partial charge in [0, 0.05) is 17.3 Å². The van der Waals surface area contributed by atoms with E-state index in [1.54, 1.807) is 11.8 Å². The Morgan fingerprint density at radius 2 is 1.95 bits per heavy atom. The molecule has 0 spiro atoms. The summed E-state index contributed by atoms with van der Waals surface area (Å²) in [6, 6.07) is -0.131. The maximum Gasteiger partial charge on any atom is 0.323 e. The molecule has 1 rings (SSSR count). The molecule has 0 heterocycles. The van der Waals surface area contributed by atoms with Crippen molar-refractivity contribution >= 4 is 23.8 Å². The van der Waals surface area contributed by atoms with Crippen molar-refractivity contribution < 1.29 is 14.7 Å². The fraction of sp³-hybridized carbons (Fsp3) is 0.846. The van der Waals surface area contributed by atoms with E-state index in [-0.39, 0.29) is 23.4 Å². The predicted octanol–water partition coefficient (Wildman–Crippen LogP) is 2.17. The number of aliphatic carboxylic acids is 1. The van der Waals surface area contributed by atoms with Crippen molar-refractivity contribution in [3.05, 3.63) is 0 Å². The highest BCUT2D eigenvalue weighted by Gasteiger charge is 2.35. The third-order valence-corrected chi connectivity index (χ3v) is 5.43. The first-order valence-corrected chi connectivity index (χ1v) is 8.02. The molecule has 5 nitrogen and oxygen atoms in total. The number of hydrogen-bond acceptors (Lipinski definition) is 3. The van der Waals surface area contributed by atoms with Crippen LogP contribution < -0.4 is 5.32 Å². The van der Waals surface area contributed by atoms with Crippen LogP contribution in [0.2, 0.25) is 0 Å². The SMILES string of the molecule is CCC(CC)(CNC(=O)N(CC(=O)O)C1CC1)SC. The van der Waals surface area contributed by atoms with E-state index >= 15 is 0 Å². The first-order valence-electron chi connectivity index (χ1n) is 6.79. The topological polar surface area (TPSA) is 69.6 Å². The summed E-state index contributed by atoms with van der Waals surface area (Å²) < 4.78 is 0.0497. The third kappa shape index (κ3) is 4.60. The number of nitrogens with one attached hydrogen (secondary N) is 1. The van der Waals surface area contributed by atoms with Crippen LogP contribution in [-0.4, -0.2) is 52.1 Å². The Kier molecular flexibility index (Phi) is 5.97. The van der Waals surface area contributed by atoms with E-state index in [4.69, 9.17) is 5.11 Å². The van der Waals surface area contributed by atoms with E-state index < -0.39 is 5.97 Å². The van der Waals surface area contributed by atoms with Gasteiger partial charge in [0.25, 0.3) is 0 Å². The number of carbonyl (C=O) groups is 2. The zero-order valence-electron chi connectivity index (χ0n) is 11.9. The van der Waals surface area contributed by atoms with Crippen molar-refractivity contribution in [3.8, 4) is 0 Å². The minimum Gasteiger partial charge on any atom is -0.480 e. The van der Waals surface area contributed by atoms with Crippen LogP contribution in [0.5, 0.6) is 0 Å². The fourth-order valence-corrected chi connectivity index (χ4v) is 2.89. The van der Waals surface area contributed by atoms with Crippen LogP contribution in [0, 0.1) is 0 Å². The zero-order valence-corrected chi connectivity index (χ0v) is 12.8. The van der Waals surface area contributed by atoms with Gasteiger partial charge in [-0.05, 0) is 31.9 Å². The lowest BCUT2D eigenvalue weighted by atomic mass is 10.0. The fourth-order valence-electron chi connectivity index (χ4n) is 2.10. The molecule has 19 heavy (non-hydrogen) atoms. The Labute approximate surface area is 119 Å². The van der Waals surface area contributed by atoms with Crippen LogP contribution in [0.3, 0.4) is 0 Å². The van der Waals surface area contributed by atoms with E-state index in [9.17, 15) is 9.59 Å². The largest absolute Gasteiger partial charge is 0.480 e. The molecule has 2 amide bonds. The number of thioether (sulfide) groups is 1. The molecular formula is C13H24N2O3S. The quantitative estimate of drug-likeness (QED) is 0.718. The molecule has 0 unspecified atom stereocenters. The van der Waals surface area contributed by atoms with Crippen molar-refractivity contribution in [3.63, 3.8) is 0 Å². The molecule has 0 aromatic rings. The van der Waals surface area contributed by atoms with E-state index in [0.717, 1.165) is 25.7 Å². The molecule has 0 atom stereocenters. The first-order chi connectivity index (χ1) is 8.98. The molecule has 1 aliphatic carbocycles. The van der Waals surface area contributed by atoms with Gasteiger partial charge in [0.1, 0.15) is 6.54 Å². The van der Waals surface area contributed by atoms with Crippen LogP contribution in [0.4, 0.5) is 4.79 Å². The molecule has 1 fully saturated rings. The number of carboxylic acid groups (broad SMARTS) is 1. The summed E-state index contributed by atoms with van der Waals surface area (Å²) in [4.78, 5) is 24.3. The molecule has 0 aliphatic heterocycles. The molecule has 6 heteroatoms. The second-order valence-corrected chi connectivity index (χ2v) is 6.28. The second-order valence-electron chi connectivity index (χ2n) is 5.01. The number of carbonyl (C=O) groups excluding carboxylic acids is 1. The Bertz CT molecular complexity index is 320. The summed E-state index contributed by atoms with van der Waals surface area (Å²) in [6.45, 7) is 4.61. The highest BCUT2D eigenvalue weighted by atomic mass is 32.2. The summed E-state index contributed by atoms with van der Waals surface area (Å²) in [7, 11) is 0. The standard InChI is InChI=1S/C13H24N2O3S/c1-4-13(5-2,19-3)9-14-12(18)15(8-11(16)17)10-6-7-10/h10H,4-9H2,1-3H3,(H,14,18)(H,16,17). The smallest absolute Gasteiger partial charge is 0.323 e. The number of rotatable bonds is 8. The number of carboxylic acids is 1. The van der Waals surface area contributed by atoms with E-state index in [0.29, 0.717) is 6.54 Å². The monoisotopic (exact) mass is 288 g/mol. The number of nitrogens with zero attached hydrogens (tertiary/aromatic N) is 1. The number of amides is 2. The molecule has 0 bridgehead atoms. The number of hydrogen-bond donors (Lipinski definition) is 2. The third-order valence-electron chi connectivity index (χ3n) is 3.84. The van der Waals surface area contributed by atoms with E-state index in [1.165, 1.54) is 4.90 Å². The zero-order chi connectivity index (χ0) is 14.5. The summed E-state index contributed by atoms with van der Waals surface area (Å²) in [5, 5.41) is 11.8. The van der Waals surface area contributed by atoms with Crippen molar-refractivity contribution in [1.82, 2.24) is 10.2 Å². The van der Waals surface area contributed by atoms with Crippen molar-refractivity contribution in [1.29, 1.82) is 0 Å². The van der Waals surface area contributed by atoms with Crippen LogP contribution in [-0.2, 0) is 4.79 Å². The van der Waals surface area contributed by atoms with Gasteiger partial charge in [-0.1, -0.05) is 13.8 Å². The van der Waals surface area contributed by atoms with Gasteiger partial charge in [0.15, 0.2) is 0 Å². The van der Waals surface area contributed by atoms with Crippen molar-refractivity contribution in [2.24, 2.45) is 0 Å². The number of urea groups is 1. The van der Waals surface area contributed by atoms with Gasteiger partial charge in [0.05, 0.1) is 0 Å². The van der Waals surface area contributed by atoms with Crippen LogP contribution >= 0.6 is 11.8 Å². The highest BCUT2D eigenvalue weighted by molar-refractivity contribution is 8.00. The summed E-state index contributed by atoms with van der Waals surface area (Å²) in [6.07, 6.45) is 5.83. The van der Waals surface area contributed by atoms with Gasteiger partial charge in [-0.25, -0.2) is 4.79 Å². The molecule has 1 saturated carbocycles. The summed E-state index contributed by atoms with van der Waals surface area (Å²) in [5.74, 6) is -0.954. The molecule has 0 radical (unpaired) electrons. The molecule has 110 valence electrons. The lowest BCUT2D eigenvalue weighted by Crippen LogP contribution is -2.48. The minimum absolute atomic E-state index is 0.0497. The molecular weight excluding hydrogens is 264 g/mol. The van der Waals surface area contributed by atoms with Crippen LogP contribution in [0.15, 0.2) is 0 Å². The molecule has 2 N–H and O–H groups in total. The average Bonchev–Trinajstić information content (AvgIpc) is 3.22. The van der Waals surface area contributed by atoms with Crippen LogP contribution in [0.25, 0.3) is 0 Å². The second kappa shape index (κ2) is 7.03. The van der Waals surface area contributed by atoms with Gasteiger partial charge in [-0.2, -0.15) is 11.8 Å². The van der Waals surface area contributed by atoms with E-state index in [2.05, 4.69) is 25.4 Å². The normalized spacial score (nSPS) is 15.1. The first kappa shape index (κ1) is 16.1. The lowest BCUT2D eigenvalue weighted by molar-refractivity contribution is -0.137. The van der Waals surface area contributed by atoms with Gasteiger partial charge >= 0.3 is 12.0 Å². The van der Waals surface area contributed by atoms with Gasteiger partial charge in [-0.3, -0.25) is 4.79 Å². The van der Waals surface area contributed by atoms with Gasteiger partial charge in [0.2, 0.25) is 0 Å². The Morgan fingerprint density at radius 3 is 2.32 bits per heavy atom. The Morgan fingerprint density at radius 1 is 1.37 bits per heavy atom. The van der Waals surface area contributed by atoms with Crippen molar-refractivity contribution in [2.75, 3.05) is 19.3 Å². The molecule has 0 aromatic heterocycles. The minimum atomic E-state index is -0.954. The van der Waals surface area contributed by atoms with E-state index in [1.807, 2.05) is 0 Å². The summed E-state index contributed by atoms with van der Waals surface area (Å²) >= 11 is 1.76. The van der Waals surface area contributed by atoms with Gasteiger partial charge < -0.3 is 15.3 Å². The average molecular weight is 288 g/mol. The highest BCUT2D eigenvalue weighted by Crippen LogP contribution is 2.30. The Balaban J connectivity index is 2.54. The maximum atomic E-state index is 12.1. The maximum absolute atomic E-state index is 12.1. The predicted molar refractivity (Wildman–Crippen MR) is 77.6 cm³/mol. The van der Waals surface area contributed by atoms with Gasteiger partial charge in [-0.15, -0.1) is 0 Å². The van der Waals surface area contributed by atoms with Crippen LogP contribution in [0.1, 0.15) is 39.5 Å². The lowest BCUT2D eigenvalue weighted by Gasteiger charge is -2.31. The Hall–Kier alpha value is -0.910. The molecule has 0 saturated heterocycles. The summed E-state index contributed by atoms with van der Waals surface area (Å²) in [5.41, 5.74) is 0. The van der Waals surface area contributed by atoms with Crippen molar-refractivity contribution in [2.45, 2.75) is 50.3 Å². The molecule has 0 aromatic carbocycles. The molecule has 1 aliphatic rings.